The predicted molar refractivity (Wildman–Crippen MR) is 186 cm³/mol. The van der Waals surface area contributed by atoms with Gasteiger partial charge in [-0.2, -0.15) is 0 Å². The monoisotopic (exact) mass is 588 g/mol. The van der Waals surface area contributed by atoms with Crippen LogP contribution in [0.15, 0.2) is 60.7 Å². The number of benzene rings is 2. The van der Waals surface area contributed by atoms with Gasteiger partial charge in [-0.25, -0.2) is 0 Å². The number of hydrogen-bond acceptors (Lipinski definition) is 4. The standard InChI is InChI=1S/C38H48N6/c1-5-7-21-43-35-17-11-9-15-31(35)33-23-29(41-27(3)37(33)43)25-39-19-13-14-20-40-26-30-24-34-32-16-10-12-18-36(32)44(22-8-6-2)38(34)28(4)42-30/h9-12,15-18,23-24,39-40H,5-8,13-14,19-22,25-26H2,1-4H3. The molecule has 6 nitrogen and oxygen atoms in total. The molecule has 0 amide bonds. The van der Waals surface area contributed by atoms with E-state index in [0.29, 0.717) is 0 Å². The second-order valence-corrected chi connectivity index (χ2v) is 12.3. The van der Waals surface area contributed by atoms with Gasteiger partial charge >= 0.3 is 0 Å². The van der Waals surface area contributed by atoms with Gasteiger partial charge in [-0.15, -0.1) is 0 Å². The molecule has 2 N–H and O–H groups in total. The van der Waals surface area contributed by atoms with Crippen LogP contribution in [0.25, 0.3) is 43.6 Å². The van der Waals surface area contributed by atoms with Crippen molar-refractivity contribution in [2.75, 3.05) is 13.1 Å². The van der Waals surface area contributed by atoms with Gasteiger partial charge in [0.1, 0.15) is 0 Å². The second-order valence-electron chi connectivity index (χ2n) is 12.3. The van der Waals surface area contributed by atoms with Crippen molar-refractivity contribution in [1.82, 2.24) is 29.7 Å². The number of rotatable bonds is 15. The van der Waals surface area contributed by atoms with Crippen molar-refractivity contribution in [3.05, 3.63) is 83.4 Å². The molecule has 0 unspecified atom stereocenters. The van der Waals surface area contributed by atoms with E-state index in [2.05, 4.69) is 108 Å². The first-order valence-electron chi connectivity index (χ1n) is 16.8. The lowest BCUT2D eigenvalue weighted by atomic mass is 10.1. The Morgan fingerprint density at radius 2 is 1.00 bits per heavy atom. The molecular weight excluding hydrogens is 540 g/mol. The first-order chi connectivity index (χ1) is 21.6. The summed E-state index contributed by atoms with van der Waals surface area (Å²) in [5, 5.41) is 12.6. The maximum atomic E-state index is 5.01. The van der Waals surface area contributed by atoms with Gasteiger partial charge in [0, 0.05) is 58.8 Å². The molecule has 0 aliphatic heterocycles. The fourth-order valence-electron chi connectivity index (χ4n) is 6.88. The summed E-state index contributed by atoms with van der Waals surface area (Å²) in [6.07, 6.45) is 7.00. The van der Waals surface area contributed by atoms with E-state index >= 15 is 0 Å². The molecule has 0 spiro atoms. The minimum atomic E-state index is 0.799. The third-order valence-electron chi connectivity index (χ3n) is 8.99. The molecule has 4 aromatic heterocycles. The molecule has 0 fully saturated rings. The number of para-hydroxylation sites is 2. The molecular formula is C38H48N6. The summed E-state index contributed by atoms with van der Waals surface area (Å²) < 4.78 is 4.95. The fraction of sp³-hybridized carbons (Fsp3) is 0.421. The van der Waals surface area contributed by atoms with Crippen LogP contribution >= 0.6 is 0 Å². The third kappa shape index (κ3) is 6.11. The molecule has 6 heteroatoms. The van der Waals surface area contributed by atoms with E-state index in [-0.39, 0.29) is 0 Å². The third-order valence-corrected chi connectivity index (χ3v) is 8.99. The number of pyridine rings is 2. The van der Waals surface area contributed by atoms with Crippen molar-refractivity contribution >= 4 is 43.6 Å². The van der Waals surface area contributed by atoms with Gasteiger partial charge in [0.05, 0.1) is 33.8 Å². The van der Waals surface area contributed by atoms with Gasteiger partial charge in [0.2, 0.25) is 0 Å². The first-order valence-corrected chi connectivity index (χ1v) is 16.8. The minimum Gasteiger partial charge on any atom is -0.339 e. The Balaban J connectivity index is 1.02. The Morgan fingerprint density at radius 3 is 1.43 bits per heavy atom. The van der Waals surface area contributed by atoms with E-state index in [4.69, 9.17) is 9.97 Å². The zero-order valence-electron chi connectivity index (χ0n) is 27.0. The molecule has 44 heavy (non-hydrogen) atoms. The van der Waals surface area contributed by atoms with Gasteiger partial charge in [0.25, 0.3) is 0 Å². The van der Waals surface area contributed by atoms with E-state index in [9.17, 15) is 0 Å². The molecule has 6 aromatic rings. The van der Waals surface area contributed by atoms with Crippen molar-refractivity contribution in [2.45, 2.75) is 92.4 Å². The molecule has 0 atom stereocenters. The smallest absolute Gasteiger partial charge is 0.0707 e. The van der Waals surface area contributed by atoms with Crippen LogP contribution in [-0.4, -0.2) is 32.2 Å². The molecule has 0 aliphatic rings. The maximum Gasteiger partial charge on any atom is 0.0707 e. The first kappa shape index (κ1) is 30.3. The van der Waals surface area contributed by atoms with E-state index in [0.717, 1.165) is 74.9 Å². The van der Waals surface area contributed by atoms with Crippen LogP contribution in [0.3, 0.4) is 0 Å². The molecule has 6 rings (SSSR count). The summed E-state index contributed by atoms with van der Waals surface area (Å²) in [5.41, 5.74) is 9.73. The lowest BCUT2D eigenvalue weighted by Gasteiger charge is -2.11. The zero-order chi connectivity index (χ0) is 30.5. The van der Waals surface area contributed by atoms with Gasteiger partial charge in [-0.05, 0) is 76.9 Å². The highest BCUT2D eigenvalue weighted by Crippen LogP contribution is 2.32. The second kappa shape index (κ2) is 13.9. The largest absolute Gasteiger partial charge is 0.339 e. The van der Waals surface area contributed by atoms with Gasteiger partial charge in [-0.1, -0.05) is 63.1 Å². The highest BCUT2D eigenvalue weighted by Gasteiger charge is 2.15. The number of nitrogens with zero attached hydrogens (tertiary/aromatic N) is 4. The summed E-state index contributed by atoms with van der Waals surface area (Å²) in [6.45, 7) is 14.5. The molecule has 0 saturated carbocycles. The Labute approximate surface area is 261 Å². The topological polar surface area (TPSA) is 59.7 Å². The van der Waals surface area contributed by atoms with Crippen LogP contribution < -0.4 is 10.6 Å². The Morgan fingerprint density at radius 1 is 0.568 bits per heavy atom. The highest BCUT2D eigenvalue weighted by molar-refractivity contribution is 6.09. The van der Waals surface area contributed by atoms with Crippen LogP contribution in [0.5, 0.6) is 0 Å². The molecule has 0 saturated heterocycles. The molecule has 2 aromatic carbocycles. The summed E-state index contributed by atoms with van der Waals surface area (Å²) in [6, 6.07) is 22.2. The molecule has 0 bridgehead atoms. The average molecular weight is 589 g/mol. The molecule has 0 radical (unpaired) electrons. The van der Waals surface area contributed by atoms with Crippen molar-refractivity contribution in [3.63, 3.8) is 0 Å². The van der Waals surface area contributed by atoms with Gasteiger partial charge in [0.15, 0.2) is 0 Å². The number of aryl methyl sites for hydroxylation is 4. The number of unbranched alkanes of at least 4 members (excludes halogenated alkanes) is 3. The number of aromatic nitrogens is 4. The molecule has 230 valence electrons. The summed E-state index contributed by atoms with van der Waals surface area (Å²) in [5.74, 6) is 0. The Hall–Kier alpha value is -3.74. The predicted octanol–water partition coefficient (Wildman–Crippen LogP) is 8.57. The lowest BCUT2D eigenvalue weighted by molar-refractivity contribution is 0.576. The SMILES string of the molecule is CCCCn1c2ccccc2c2cc(CNCCCCNCc3cc4c5ccccc5n(CCCC)c4c(C)n3)nc(C)c21. The van der Waals surface area contributed by atoms with Gasteiger partial charge < -0.3 is 19.8 Å². The summed E-state index contributed by atoms with van der Waals surface area (Å²) in [7, 11) is 0. The average Bonchev–Trinajstić information content (AvgIpc) is 3.53. The quantitative estimate of drug-likeness (QED) is 0.118. The highest BCUT2D eigenvalue weighted by atomic mass is 15.0. The van der Waals surface area contributed by atoms with Crippen molar-refractivity contribution in [2.24, 2.45) is 0 Å². The summed E-state index contributed by atoms with van der Waals surface area (Å²) in [4.78, 5) is 10.0. The lowest BCUT2D eigenvalue weighted by Crippen LogP contribution is -2.19. The number of hydrogen-bond donors (Lipinski definition) is 2. The van der Waals surface area contributed by atoms with Crippen molar-refractivity contribution < 1.29 is 0 Å². The molecule has 4 heterocycles. The Kier molecular flexibility index (Phi) is 9.58. The van der Waals surface area contributed by atoms with E-state index < -0.39 is 0 Å². The number of fused-ring (bicyclic) bond motifs is 6. The van der Waals surface area contributed by atoms with E-state index in [1.165, 1.54) is 69.3 Å². The van der Waals surface area contributed by atoms with Crippen LogP contribution in [0.4, 0.5) is 0 Å². The van der Waals surface area contributed by atoms with E-state index in [1.807, 2.05) is 0 Å². The van der Waals surface area contributed by atoms with Crippen molar-refractivity contribution in [3.8, 4) is 0 Å². The van der Waals surface area contributed by atoms with Crippen LogP contribution in [0.2, 0.25) is 0 Å². The zero-order valence-corrected chi connectivity index (χ0v) is 27.0. The molecule has 0 aliphatic carbocycles. The van der Waals surface area contributed by atoms with Crippen LogP contribution in [0, 0.1) is 13.8 Å². The normalized spacial score (nSPS) is 12.0. The van der Waals surface area contributed by atoms with Gasteiger partial charge in [-0.3, -0.25) is 9.97 Å². The fourth-order valence-corrected chi connectivity index (χ4v) is 6.88. The van der Waals surface area contributed by atoms with Crippen molar-refractivity contribution in [1.29, 1.82) is 0 Å². The number of nitrogens with one attached hydrogen (secondary N) is 2. The van der Waals surface area contributed by atoms with E-state index in [1.54, 1.807) is 0 Å². The summed E-state index contributed by atoms with van der Waals surface area (Å²) >= 11 is 0. The maximum absolute atomic E-state index is 5.01. The minimum absolute atomic E-state index is 0.799. The Bertz CT molecular complexity index is 1740. The van der Waals surface area contributed by atoms with Crippen LogP contribution in [0.1, 0.15) is 75.1 Å². The van der Waals surface area contributed by atoms with Crippen LogP contribution in [-0.2, 0) is 26.2 Å².